The maximum atomic E-state index is 12.8. The molecule has 2 heterocycles. The number of benzene rings is 1. The van der Waals surface area contributed by atoms with Crippen molar-refractivity contribution in [1.29, 1.82) is 0 Å². The summed E-state index contributed by atoms with van der Waals surface area (Å²) in [5.41, 5.74) is 0.600. The first kappa shape index (κ1) is 16.0. The predicted molar refractivity (Wildman–Crippen MR) is 87.6 cm³/mol. The molecule has 6 nitrogen and oxygen atoms in total. The van der Waals surface area contributed by atoms with Gasteiger partial charge in [-0.05, 0) is 26.1 Å². The maximum absolute atomic E-state index is 12.8. The van der Waals surface area contributed by atoms with Crippen LogP contribution in [0.15, 0.2) is 24.3 Å². The van der Waals surface area contributed by atoms with Gasteiger partial charge in [0.2, 0.25) is 5.91 Å². The number of carbonyl (C=O) groups excluding carboxylic acids is 2. The van der Waals surface area contributed by atoms with Gasteiger partial charge in [-0.2, -0.15) is 0 Å². The van der Waals surface area contributed by atoms with Crippen LogP contribution in [0.3, 0.4) is 0 Å². The molecule has 2 aliphatic rings. The zero-order valence-electron chi connectivity index (χ0n) is 13.7. The van der Waals surface area contributed by atoms with Crippen LogP contribution in [0.1, 0.15) is 13.3 Å². The highest BCUT2D eigenvalue weighted by Crippen LogP contribution is 2.28. The topological polar surface area (TPSA) is 53.1 Å². The van der Waals surface area contributed by atoms with E-state index in [2.05, 4.69) is 16.8 Å². The largest absolute Gasteiger partial charge is 0.494 e. The highest BCUT2D eigenvalue weighted by molar-refractivity contribution is 6.22. The molecule has 0 aromatic heterocycles. The first-order chi connectivity index (χ1) is 11.1. The van der Waals surface area contributed by atoms with Crippen LogP contribution in [0.5, 0.6) is 5.75 Å². The fraction of sp³-hybridized carbons (Fsp3) is 0.529. The number of imide groups is 1. The summed E-state index contributed by atoms with van der Waals surface area (Å²) in [6.07, 6.45) is 0.265. The van der Waals surface area contributed by atoms with Crippen molar-refractivity contribution in [2.24, 2.45) is 0 Å². The third-order valence-electron chi connectivity index (χ3n) is 4.49. The molecule has 0 unspecified atom stereocenters. The fourth-order valence-corrected chi connectivity index (χ4v) is 3.19. The molecule has 0 N–H and O–H groups in total. The van der Waals surface area contributed by atoms with E-state index in [-0.39, 0.29) is 24.3 Å². The molecule has 124 valence electrons. The summed E-state index contributed by atoms with van der Waals surface area (Å²) in [6.45, 7) is 5.97. The number of hydrogen-bond acceptors (Lipinski definition) is 5. The Bertz CT molecular complexity index is 597. The molecule has 3 rings (SSSR count). The van der Waals surface area contributed by atoms with Gasteiger partial charge >= 0.3 is 0 Å². The Labute approximate surface area is 136 Å². The molecule has 0 aliphatic carbocycles. The lowest BCUT2D eigenvalue weighted by Crippen LogP contribution is -2.51. The van der Waals surface area contributed by atoms with Crippen molar-refractivity contribution in [2.45, 2.75) is 19.4 Å². The van der Waals surface area contributed by atoms with E-state index < -0.39 is 0 Å². The van der Waals surface area contributed by atoms with E-state index >= 15 is 0 Å². The second-order valence-corrected chi connectivity index (χ2v) is 6.06. The summed E-state index contributed by atoms with van der Waals surface area (Å²) < 4.78 is 5.47. The minimum Gasteiger partial charge on any atom is -0.494 e. The number of ether oxygens (including phenoxy) is 1. The first-order valence-electron chi connectivity index (χ1n) is 8.12. The Balaban J connectivity index is 1.77. The van der Waals surface area contributed by atoms with Crippen LogP contribution in [0.2, 0.25) is 0 Å². The van der Waals surface area contributed by atoms with E-state index in [1.54, 1.807) is 12.1 Å². The lowest BCUT2D eigenvalue weighted by molar-refractivity contribution is -0.123. The van der Waals surface area contributed by atoms with E-state index in [1.807, 2.05) is 19.1 Å². The Morgan fingerprint density at radius 3 is 2.61 bits per heavy atom. The van der Waals surface area contributed by atoms with Gasteiger partial charge in [-0.25, -0.2) is 4.90 Å². The Morgan fingerprint density at radius 1 is 1.17 bits per heavy atom. The van der Waals surface area contributed by atoms with Gasteiger partial charge in [-0.1, -0.05) is 6.07 Å². The summed E-state index contributed by atoms with van der Waals surface area (Å²) >= 11 is 0. The molecular formula is C17H23N3O3. The Hall–Kier alpha value is -1.92. The molecule has 2 saturated heterocycles. The van der Waals surface area contributed by atoms with Crippen LogP contribution in [0.4, 0.5) is 5.69 Å². The van der Waals surface area contributed by atoms with Gasteiger partial charge in [-0.3, -0.25) is 14.5 Å². The van der Waals surface area contributed by atoms with Crippen LogP contribution in [0.25, 0.3) is 0 Å². The predicted octanol–water partition coefficient (Wildman–Crippen LogP) is 0.965. The number of carbonyl (C=O) groups is 2. The smallest absolute Gasteiger partial charge is 0.251 e. The molecule has 23 heavy (non-hydrogen) atoms. The van der Waals surface area contributed by atoms with E-state index in [0.717, 1.165) is 26.2 Å². The lowest BCUT2D eigenvalue weighted by Gasteiger charge is -2.35. The quantitative estimate of drug-likeness (QED) is 0.775. The van der Waals surface area contributed by atoms with Gasteiger partial charge in [0.05, 0.1) is 24.8 Å². The Kier molecular flexibility index (Phi) is 4.63. The van der Waals surface area contributed by atoms with Crippen molar-refractivity contribution in [3.8, 4) is 5.75 Å². The molecule has 2 fully saturated rings. The SMILES string of the molecule is CCOc1cccc(N2C(=O)C[C@H](N3CCN(C)CC3)C2=O)c1. The zero-order valence-corrected chi connectivity index (χ0v) is 13.7. The van der Waals surface area contributed by atoms with E-state index in [1.165, 1.54) is 4.90 Å². The fourth-order valence-electron chi connectivity index (χ4n) is 3.19. The Morgan fingerprint density at radius 2 is 1.91 bits per heavy atom. The number of nitrogens with zero attached hydrogens (tertiary/aromatic N) is 3. The highest BCUT2D eigenvalue weighted by atomic mass is 16.5. The number of anilines is 1. The summed E-state index contributed by atoms with van der Waals surface area (Å²) in [7, 11) is 2.07. The summed E-state index contributed by atoms with van der Waals surface area (Å²) in [5, 5.41) is 0. The molecule has 0 radical (unpaired) electrons. The van der Waals surface area contributed by atoms with Gasteiger partial charge < -0.3 is 9.64 Å². The van der Waals surface area contributed by atoms with Crippen molar-refractivity contribution in [3.05, 3.63) is 24.3 Å². The minimum absolute atomic E-state index is 0.117. The zero-order chi connectivity index (χ0) is 16.4. The van der Waals surface area contributed by atoms with E-state index in [4.69, 9.17) is 4.74 Å². The molecule has 2 aliphatic heterocycles. The molecule has 1 atom stereocenters. The second-order valence-electron chi connectivity index (χ2n) is 6.06. The van der Waals surface area contributed by atoms with Crippen molar-refractivity contribution in [3.63, 3.8) is 0 Å². The maximum Gasteiger partial charge on any atom is 0.251 e. The van der Waals surface area contributed by atoms with E-state index in [9.17, 15) is 9.59 Å². The molecule has 1 aromatic rings. The number of piperazine rings is 1. The number of likely N-dealkylation sites (N-methyl/N-ethyl adjacent to an activating group) is 1. The van der Waals surface area contributed by atoms with Crippen LogP contribution in [0, 0.1) is 0 Å². The molecule has 2 amide bonds. The molecule has 0 saturated carbocycles. The highest BCUT2D eigenvalue weighted by Gasteiger charge is 2.43. The van der Waals surface area contributed by atoms with E-state index in [0.29, 0.717) is 18.0 Å². The van der Waals surface area contributed by atoms with Crippen LogP contribution in [-0.2, 0) is 9.59 Å². The van der Waals surface area contributed by atoms with Crippen LogP contribution >= 0.6 is 0 Å². The van der Waals surface area contributed by atoms with Crippen LogP contribution < -0.4 is 9.64 Å². The molecular weight excluding hydrogens is 294 g/mol. The van der Waals surface area contributed by atoms with Crippen molar-refractivity contribution < 1.29 is 14.3 Å². The van der Waals surface area contributed by atoms with Gasteiger partial charge in [0.25, 0.3) is 5.91 Å². The molecule has 1 aromatic carbocycles. The van der Waals surface area contributed by atoms with Gasteiger partial charge in [0.1, 0.15) is 5.75 Å². The summed E-state index contributed by atoms with van der Waals surface area (Å²) in [4.78, 5) is 30.9. The van der Waals surface area contributed by atoms with Crippen molar-refractivity contribution in [2.75, 3.05) is 44.7 Å². The standard InChI is InChI=1S/C17H23N3O3/c1-3-23-14-6-4-5-13(11-14)20-16(21)12-15(17(20)22)19-9-7-18(2)8-10-19/h4-6,11,15H,3,7-10,12H2,1-2H3/t15-/m0/s1. The summed E-state index contributed by atoms with van der Waals surface area (Å²) in [6, 6.07) is 6.85. The average molecular weight is 317 g/mol. The number of rotatable bonds is 4. The van der Waals surface area contributed by atoms with Crippen molar-refractivity contribution >= 4 is 17.5 Å². The second kappa shape index (κ2) is 6.68. The summed E-state index contributed by atoms with van der Waals surface area (Å²) in [5.74, 6) is 0.425. The third-order valence-corrected chi connectivity index (χ3v) is 4.49. The first-order valence-corrected chi connectivity index (χ1v) is 8.12. The molecule has 0 bridgehead atoms. The van der Waals surface area contributed by atoms with Crippen molar-refractivity contribution in [1.82, 2.24) is 9.80 Å². The van der Waals surface area contributed by atoms with Gasteiger partial charge in [-0.15, -0.1) is 0 Å². The number of amides is 2. The minimum atomic E-state index is -0.327. The number of hydrogen-bond donors (Lipinski definition) is 0. The van der Waals surface area contributed by atoms with Gasteiger partial charge in [0, 0.05) is 32.2 Å². The third kappa shape index (κ3) is 3.23. The lowest BCUT2D eigenvalue weighted by atomic mass is 10.2. The van der Waals surface area contributed by atoms with Gasteiger partial charge in [0.15, 0.2) is 0 Å². The molecule has 6 heteroatoms. The average Bonchev–Trinajstić information content (AvgIpc) is 2.83. The van der Waals surface area contributed by atoms with Crippen LogP contribution in [-0.4, -0.2) is 67.5 Å². The monoisotopic (exact) mass is 317 g/mol. The molecule has 0 spiro atoms. The normalized spacial score (nSPS) is 23.6.